The topological polar surface area (TPSA) is 63.6 Å². The third-order valence-electron chi connectivity index (χ3n) is 4.97. The highest BCUT2D eigenvalue weighted by Crippen LogP contribution is 2.15. The van der Waals surface area contributed by atoms with Crippen LogP contribution >= 0.6 is 0 Å². The van der Waals surface area contributed by atoms with Crippen LogP contribution < -0.4 is 5.32 Å². The van der Waals surface area contributed by atoms with Gasteiger partial charge in [0.2, 0.25) is 0 Å². The molecule has 2 heterocycles. The van der Waals surface area contributed by atoms with Crippen molar-refractivity contribution in [1.29, 1.82) is 0 Å². The second-order valence-electron chi connectivity index (χ2n) is 7.27. The van der Waals surface area contributed by atoms with Crippen molar-refractivity contribution in [3.63, 3.8) is 0 Å². The minimum Gasteiger partial charge on any atom is -0.372 e. The highest BCUT2D eigenvalue weighted by molar-refractivity contribution is 5.94. The van der Waals surface area contributed by atoms with Crippen LogP contribution in [0.3, 0.4) is 0 Å². The highest BCUT2D eigenvalue weighted by Gasteiger charge is 2.26. The molecule has 1 aromatic carbocycles. The van der Waals surface area contributed by atoms with Crippen LogP contribution in [0.4, 0.5) is 0 Å². The molecule has 0 radical (unpaired) electrons. The van der Waals surface area contributed by atoms with Crippen LogP contribution in [0.25, 0.3) is 0 Å². The zero-order valence-corrected chi connectivity index (χ0v) is 16.4. The molecule has 1 fully saturated rings. The lowest BCUT2D eigenvalue weighted by Crippen LogP contribution is -2.48. The summed E-state index contributed by atoms with van der Waals surface area (Å²) in [5, 5.41) is 2.92. The Morgan fingerprint density at radius 2 is 1.70 bits per heavy atom. The Labute approximate surface area is 160 Å². The van der Waals surface area contributed by atoms with E-state index < -0.39 is 0 Å². The van der Waals surface area contributed by atoms with Crippen molar-refractivity contribution < 1.29 is 14.3 Å². The van der Waals surface area contributed by atoms with Gasteiger partial charge in [-0.25, -0.2) is 0 Å². The molecule has 0 spiro atoms. The standard InChI is InChI=1S/C21H27N3O3/c1-14-5-10-19(23(14)4)20(25)22-11-17-6-8-18(9-7-17)21(26)24-12-15(2)27-16(3)13-24/h5-10,15-16H,11-13H2,1-4H3,(H,22,25)/t15-,16+. The monoisotopic (exact) mass is 369 g/mol. The normalized spacial score (nSPS) is 19.8. The van der Waals surface area contributed by atoms with E-state index in [-0.39, 0.29) is 24.0 Å². The van der Waals surface area contributed by atoms with Gasteiger partial charge < -0.3 is 19.5 Å². The molecule has 0 unspecified atom stereocenters. The van der Waals surface area contributed by atoms with Gasteiger partial charge in [-0.1, -0.05) is 12.1 Å². The lowest BCUT2D eigenvalue weighted by molar-refractivity contribution is -0.0586. The van der Waals surface area contributed by atoms with Crippen molar-refractivity contribution in [3.8, 4) is 0 Å². The lowest BCUT2D eigenvalue weighted by atomic mass is 10.1. The predicted octanol–water partition coefficient (Wildman–Crippen LogP) is 2.51. The Morgan fingerprint density at radius 3 is 2.26 bits per heavy atom. The summed E-state index contributed by atoms with van der Waals surface area (Å²) in [4.78, 5) is 26.8. The number of hydrogen-bond donors (Lipinski definition) is 1. The minimum absolute atomic E-state index is 0.0203. The smallest absolute Gasteiger partial charge is 0.268 e. The number of carbonyl (C=O) groups excluding carboxylic acids is 2. The van der Waals surface area contributed by atoms with Crippen LogP contribution in [0.5, 0.6) is 0 Å². The number of nitrogens with zero attached hydrogens (tertiary/aromatic N) is 2. The molecule has 1 aromatic heterocycles. The fourth-order valence-electron chi connectivity index (χ4n) is 3.41. The van der Waals surface area contributed by atoms with E-state index >= 15 is 0 Å². The molecule has 2 aromatic rings. The van der Waals surface area contributed by atoms with E-state index in [9.17, 15) is 9.59 Å². The molecule has 2 amide bonds. The van der Waals surface area contributed by atoms with Crippen LogP contribution in [0.15, 0.2) is 36.4 Å². The molecule has 144 valence electrons. The quantitative estimate of drug-likeness (QED) is 0.901. The number of morpholine rings is 1. The van der Waals surface area contributed by atoms with Crippen LogP contribution in [0.1, 0.15) is 46.0 Å². The van der Waals surface area contributed by atoms with Gasteiger partial charge in [0.05, 0.1) is 12.2 Å². The van der Waals surface area contributed by atoms with Gasteiger partial charge in [0, 0.05) is 37.9 Å². The Balaban J connectivity index is 1.59. The second-order valence-corrected chi connectivity index (χ2v) is 7.27. The van der Waals surface area contributed by atoms with E-state index in [1.54, 1.807) is 0 Å². The number of nitrogens with one attached hydrogen (secondary N) is 1. The average Bonchev–Trinajstić information content (AvgIpc) is 2.98. The maximum absolute atomic E-state index is 12.7. The summed E-state index contributed by atoms with van der Waals surface area (Å²) in [5.41, 5.74) is 3.28. The first-order valence-corrected chi connectivity index (χ1v) is 9.29. The Kier molecular flexibility index (Phi) is 5.65. The van der Waals surface area contributed by atoms with Crippen molar-refractivity contribution >= 4 is 11.8 Å². The first kappa shape index (κ1) is 19.2. The SMILES string of the molecule is Cc1ccc(C(=O)NCc2ccc(C(=O)N3C[C@@H](C)O[C@@H](C)C3)cc2)n1C. The van der Waals surface area contributed by atoms with Crippen LogP contribution in [0.2, 0.25) is 0 Å². The molecular formula is C21H27N3O3. The molecular weight excluding hydrogens is 342 g/mol. The Hall–Kier alpha value is -2.60. The molecule has 1 N–H and O–H groups in total. The molecule has 6 nitrogen and oxygen atoms in total. The molecule has 1 aliphatic rings. The first-order valence-electron chi connectivity index (χ1n) is 9.29. The van der Waals surface area contributed by atoms with Gasteiger partial charge in [0.25, 0.3) is 11.8 Å². The summed E-state index contributed by atoms with van der Waals surface area (Å²) < 4.78 is 7.55. The van der Waals surface area contributed by atoms with Gasteiger partial charge in [-0.3, -0.25) is 9.59 Å². The third kappa shape index (κ3) is 4.39. The zero-order chi connectivity index (χ0) is 19.6. The average molecular weight is 369 g/mol. The fraction of sp³-hybridized carbons (Fsp3) is 0.429. The highest BCUT2D eigenvalue weighted by atomic mass is 16.5. The maximum Gasteiger partial charge on any atom is 0.268 e. The summed E-state index contributed by atoms with van der Waals surface area (Å²) in [5.74, 6) is -0.0890. The molecule has 2 atom stereocenters. The van der Waals surface area contributed by atoms with Crippen molar-refractivity contribution in [2.75, 3.05) is 13.1 Å². The zero-order valence-electron chi connectivity index (χ0n) is 16.4. The summed E-state index contributed by atoms with van der Waals surface area (Å²) in [7, 11) is 1.87. The van der Waals surface area contributed by atoms with E-state index in [1.807, 2.05) is 73.7 Å². The molecule has 0 saturated carbocycles. The number of rotatable bonds is 4. The molecule has 6 heteroatoms. The number of benzene rings is 1. The number of carbonyl (C=O) groups is 2. The number of ether oxygens (including phenoxy) is 1. The van der Waals surface area contributed by atoms with Crippen LogP contribution in [-0.4, -0.2) is 46.6 Å². The summed E-state index contributed by atoms with van der Waals surface area (Å²) >= 11 is 0. The molecule has 3 rings (SSSR count). The molecule has 0 aliphatic carbocycles. The van der Waals surface area contributed by atoms with Gasteiger partial charge >= 0.3 is 0 Å². The number of aryl methyl sites for hydroxylation is 1. The van der Waals surface area contributed by atoms with Gasteiger partial charge in [0.15, 0.2) is 0 Å². The number of amides is 2. The maximum atomic E-state index is 12.7. The molecule has 1 saturated heterocycles. The van der Waals surface area contributed by atoms with Crippen LogP contribution in [0, 0.1) is 6.92 Å². The number of aromatic nitrogens is 1. The van der Waals surface area contributed by atoms with Crippen molar-refractivity contribution in [2.45, 2.75) is 39.5 Å². The second kappa shape index (κ2) is 7.96. The van der Waals surface area contributed by atoms with Crippen molar-refractivity contribution in [2.24, 2.45) is 7.05 Å². The van der Waals surface area contributed by atoms with Gasteiger partial charge in [-0.15, -0.1) is 0 Å². The van der Waals surface area contributed by atoms with E-state index in [1.165, 1.54) is 0 Å². The van der Waals surface area contributed by atoms with Gasteiger partial charge in [-0.2, -0.15) is 0 Å². The molecule has 1 aliphatic heterocycles. The Bertz CT molecular complexity index is 816. The third-order valence-corrected chi connectivity index (χ3v) is 4.97. The number of hydrogen-bond acceptors (Lipinski definition) is 3. The van der Waals surface area contributed by atoms with E-state index in [2.05, 4.69) is 5.32 Å². The minimum atomic E-state index is -0.109. The first-order chi connectivity index (χ1) is 12.8. The van der Waals surface area contributed by atoms with E-state index in [0.29, 0.717) is 30.9 Å². The van der Waals surface area contributed by atoms with Gasteiger partial charge in [0.1, 0.15) is 5.69 Å². The van der Waals surface area contributed by atoms with Crippen LogP contribution in [-0.2, 0) is 18.3 Å². The van der Waals surface area contributed by atoms with Crippen molar-refractivity contribution in [1.82, 2.24) is 14.8 Å². The summed E-state index contributed by atoms with van der Waals surface area (Å²) in [6.45, 7) is 7.56. The predicted molar refractivity (Wildman–Crippen MR) is 104 cm³/mol. The lowest BCUT2D eigenvalue weighted by Gasteiger charge is -2.35. The largest absolute Gasteiger partial charge is 0.372 e. The van der Waals surface area contributed by atoms with E-state index in [4.69, 9.17) is 4.74 Å². The van der Waals surface area contributed by atoms with Crippen molar-refractivity contribution in [3.05, 3.63) is 58.9 Å². The van der Waals surface area contributed by atoms with Gasteiger partial charge in [-0.05, 0) is 50.6 Å². The summed E-state index contributed by atoms with van der Waals surface area (Å²) in [6, 6.07) is 11.1. The summed E-state index contributed by atoms with van der Waals surface area (Å²) in [6.07, 6.45) is 0.0988. The van der Waals surface area contributed by atoms with E-state index in [0.717, 1.165) is 11.3 Å². The molecule has 27 heavy (non-hydrogen) atoms. The Morgan fingerprint density at radius 1 is 1.07 bits per heavy atom. The molecule has 0 bridgehead atoms. The fourth-order valence-corrected chi connectivity index (χ4v) is 3.41.